The summed E-state index contributed by atoms with van der Waals surface area (Å²) in [6.07, 6.45) is 6.40. The molecule has 0 radical (unpaired) electrons. The Labute approximate surface area is 107 Å². The van der Waals surface area contributed by atoms with E-state index in [1.54, 1.807) is 0 Å². The van der Waals surface area contributed by atoms with Gasteiger partial charge in [0, 0.05) is 12.4 Å². The molecule has 2 heteroatoms. The summed E-state index contributed by atoms with van der Waals surface area (Å²) in [7, 11) is 0. The molecule has 3 aromatic rings. The minimum absolute atomic E-state index is 1.02. The molecule has 0 amide bonds. The van der Waals surface area contributed by atoms with Gasteiger partial charge in [-0.2, -0.15) is 0 Å². The van der Waals surface area contributed by atoms with Crippen molar-refractivity contribution >= 4 is 5.65 Å². The third-order valence-electron chi connectivity index (χ3n) is 3.18. The zero-order valence-electron chi connectivity index (χ0n) is 10.5. The number of nitrogens with zero attached hydrogens (tertiary/aromatic N) is 2. The normalized spacial score (nSPS) is 10.9. The highest BCUT2D eigenvalue weighted by molar-refractivity contribution is 5.41. The molecule has 3 rings (SSSR count). The van der Waals surface area contributed by atoms with Gasteiger partial charge in [-0.1, -0.05) is 36.4 Å². The first-order chi connectivity index (χ1) is 8.81. The molecule has 18 heavy (non-hydrogen) atoms. The predicted octanol–water partition coefficient (Wildman–Crippen LogP) is 3.43. The van der Waals surface area contributed by atoms with Crippen LogP contribution in [-0.2, 0) is 12.8 Å². The van der Waals surface area contributed by atoms with E-state index < -0.39 is 0 Å². The second-order valence-corrected chi connectivity index (χ2v) is 4.67. The number of hydrogen-bond donors (Lipinski definition) is 0. The fourth-order valence-corrected chi connectivity index (χ4v) is 2.25. The number of hydrogen-bond acceptors (Lipinski definition) is 1. The Kier molecular flexibility index (Phi) is 2.85. The first-order valence-corrected chi connectivity index (χ1v) is 6.29. The van der Waals surface area contributed by atoms with Gasteiger partial charge in [-0.25, -0.2) is 4.98 Å². The van der Waals surface area contributed by atoms with Crippen LogP contribution < -0.4 is 0 Å². The van der Waals surface area contributed by atoms with Crippen LogP contribution in [0.2, 0.25) is 0 Å². The zero-order chi connectivity index (χ0) is 12.4. The smallest absolute Gasteiger partial charge is 0.136 e. The molecule has 2 aromatic heterocycles. The van der Waals surface area contributed by atoms with E-state index in [-0.39, 0.29) is 0 Å². The van der Waals surface area contributed by atoms with Gasteiger partial charge in [0.1, 0.15) is 5.65 Å². The number of aryl methyl sites for hydroxylation is 3. The van der Waals surface area contributed by atoms with Gasteiger partial charge in [-0.05, 0) is 37.0 Å². The number of rotatable bonds is 3. The van der Waals surface area contributed by atoms with E-state index in [2.05, 4.69) is 64.2 Å². The molecule has 0 unspecified atom stereocenters. The van der Waals surface area contributed by atoms with Gasteiger partial charge in [0.25, 0.3) is 0 Å². The molecule has 0 saturated carbocycles. The molecule has 0 atom stereocenters. The Hall–Kier alpha value is -2.09. The Morgan fingerprint density at radius 1 is 0.889 bits per heavy atom. The minimum atomic E-state index is 1.02. The molecule has 0 aliphatic heterocycles. The maximum absolute atomic E-state index is 4.44. The Balaban J connectivity index is 1.78. The topological polar surface area (TPSA) is 17.3 Å². The highest BCUT2D eigenvalue weighted by Crippen LogP contribution is 2.10. The highest BCUT2D eigenvalue weighted by atomic mass is 15.0. The quantitative estimate of drug-likeness (QED) is 0.681. The van der Waals surface area contributed by atoms with Gasteiger partial charge in [0.15, 0.2) is 0 Å². The van der Waals surface area contributed by atoms with Crippen molar-refractivity contribution in [3.05, 3.63) is 71.7 Å². The van der Waals surface area contributed by atoms with Gasteiger partial charge in [0.2, 0.25) is 0 Å². The minimum Gasteiger partial charge on any atom is -0.307 e. The third-order valence-corrected chi connectivity index (χ3v) is 3.18. The monoisotopic (exact) mass is 236 g/mol. The molecule has 90 valence electrons. The molecule has 0 N–H and O–H groups in total. The summed E-state index contributed by atoms with van der Waals surface area (Å²) in [4.78, 5) is 4.44. The first-order valence-electron chi connectivity index (χ1n) is 6.29. The van der Waals surface area contributed by atoms with Crippen molar-refractivity contribution in [1.29, 1.82) is 0 Å². The van der Waals surface area contributed by atoms with Crippen LogP contribution in [0.25, 0.3) is 5.65 Å². The Morgan fingerprint density at radius 3 is 2.50 bits per heavy atom. The molecule has 0 bridgehead atoms. The van der Waals surface area contributed by atoms with Crippen LogP contribution >= 0.6 is 0 Å². The number of aromatic nitrogens is 2. The second kappa shape index (κ2) is 4.65. The van der Waals surface area contributed by atoms with Gasteiger partial charge in [-0.15, -0.1) is 0 Å². The molecule has 0 aliphatic carbocycles. The van der Waals surface area contributed by atoms with Crippen LogP contribution in [0, 0.1) is 6.92 Å². The van der Waals surface area contributed by atoms with Crippen molar-refractivity contribution in [2.24, 2.45) is 0 Å². The Bertz CT molecular complexity index is 653. The first kappa shape index (κ1) is 11.0. The van der Waals surface area contributed by atoms with Gasteiger partial charge in [-0.3, -0.25) is 0 Å². The van der Waals surface area contributed by atoms with E-state index in [0.717, 1.165) is 24.2 Å². The average molecular weight is 236 g/mol. The van der Waals surface area contributed by atoms with Crippen molar-refractivity contribution in [3.63, 3.8) is 0 Å². The third kappa shape index (κ3) is 2.28. The van der Waals surface area contributed by atoms with Crippen molar-refractivity contribution in [3.8, 4) is 0 Å². The molecule has 0 saturated heterocycles. The second-order valence-electron chi connectivity index (χ2n) is 4.67. The molecule has 0 aliphatic rings. The Morgan fingerprint density at radius 2 is 1.67 bits per heavy atom. The summed E-state index contributed by atoms with van der Waals surface area (Å²) in [6, 6.07) is 14.9. The fraction of sp³-hybridized carbons (Fsp3) is 0.188. The molecular formula is C16H16N2. The molecular weight excluding hydrogens is 220 g/mol. The maximum atomic E-state index is 4.44. The molecule has 0 fully saturated rings. The predicted molar refractivity (Wildman–Crippen MR) is 73.8 cm³/mol. The standard InChI is InChI=1S/C16H16N2/c1-13-11-18-12-15(9-10-16(18)17-13)8-7-14-5-3-2-4-6-14/h2-6,9-12H,7-8H2,1H3. The molecule has 0 spiro atoms. The zero-order valence-corrected chi connectivity index (χ0v) is 10.5. The lowest BCUT2D eigenvalue weighted by Crippen LogP contribution is -1.93. The van der Waals surface area contributed by atoms with Crippen molar-refractivity contribution in [1.82, 2.24) is 9.38 Å². The summed E-state index contributed by atoms with van der Waals surface area (Å²) < 4.78 is 2.11. The average Bonchev–Trinajstić information content (AvgIpc) is 2.77. The number of imidazole rings is 1. The summed E-state index contributed by atoms with van der Waals surface area (Å²) >= 11 is 0. The lowest BCUT2D eigenvalue weighted by atomic mass is 10.1. The van der Waals surface area contributed by atoms with Crippen LogP contribution in [0.5, 0.6) is 0 Å². The lowest BCUT2D eigenvalue weighted by Gasteiger charge is -2.03. The van der Waals surface area contributed by atoms with E-state index in [9.17, 15) is 0 Å². The lowest BCUT2D eigenvalue weighted by molar-refractivity contribution is 0.943. The number of fused-ring (bicyclic) bond motifs is 1. The van der Waals surface area contributed by atoms with Crippen LogP contribution in [0.4, 0.5) is 0 Å². The van der Waals surface area contributed by atoms with Crippen molar-refractivity contribution < 1.29 is 0 Å². The van der Waals surface area contributed by atoms with Gasteiger partial charge in [0.05, 0.1) is 5.69 Å². The number of pyridine rings is 1. The summed E-state index contributed by atoms with van der Waals surface area (Å²) in [5.41, 5.74) is 4.83. The maximum Gasteiger partial charge on any atom is 0.136 e. The van der Waals surface area contributed by atoms with Crippen LogP contribution in [-0.4, -0.2) is 9.38 Å². The van der Waals surface area contributed by atoms with Crippen molar-refractivity contribution in [2.75, 3.05) is 0 Å². The molecule has 2 heterocycles. The van der Waals surface area contributed by atoms with E-state index in [1.165, 1.54) is 11.1 Å². The van der Waals surface area contributed by atoms with E-state index in [4.69, 9.17) is 0 Å². The fourth-order valence-electron chi connectivity index (χ4n) is 2.25. The van der Waals surface area contributed by atoms with Gasteiger partial charge < -0.3 is 4.40 Å². The largest absolute Gasteiger partial charge is 0.307 e. The van der Waals surface area contributed by atoms with Crippen LogP contribution in [0.1, 0.15) is 16.8 Å². The van der Waals surface area contributed by atoms with Crippen LogP contribution in [0.15, 0.2) is 54.9 Å². The highest BCUT2D eigenvalue weighted by Gasteiger charge is 2.00. The van der Waals surface area contributed by atoms with Crippen molar-refractivity contribution in [2.45, 2.75) is 19.8 Å². The van der Waals surface area contributed by atoms with Gasteiger partial charge >= 0.3 is 0 Å². The number of benzene rings is 1. The summed E-state index contributed by atoms with van der Waals surface area (Å²) in [5.74, 6) is 0. The SMILES string of the molecule is Cc1cn2cc(CCc3ccccc3)ccc2n1. The van der Waals surface area contributed by atoms with E-state index >= 15 is 0 Å². The van der Waals surface area contributed by atoms with E-state index in [1.807, 2.05) is 6.92 Å². The molecule has 1 aromatic carbocycles. The van der Waals surface area contributed by atoms with Crippen LogP contribution in [0.3, 0.4) is 0 Å². The van der Waals surface area contributed by atoms with E-state index in [0.29, 0.717) is 0 Å². The molecule has 2 nitrogen and oxygen atoms in total. The summed E-state index contributed by atoms with van der Waals surface area (Å²) in [5, 5.41) is 0. The summed E-state index contributed by atoms with van der Waals surface area (Å²) in [6.45, 7) is 2.02.